The number of nitrogens with one attached hydrogen (secondary N) is 1. The quantitative estimate of drug-likeness (QED) is 0.0886. The molecule has 60 heavy (non-hydrogen) atoms. The smallest absolute Gasteiger partial charge is 0.335 e. The highest BCUT2D eigenvalue weighted by Gasteiger charge is 2.23. The summed E-state index contributed by atoms with van der Waals surface area (Å²) in [6, 6.07) is 19.6. The first-order valence-corrected chi connectivity index (χ1v) is 19.8. The number of halogens is 2. The first-order valence-electron chi connectivity index (χ1n) is 19.0. The summed E-state index contributed by atoms with van der Waals surface area (Å²) in [5.74, 6) is -0.723. The Morgan fingerprint density at radius 1 is 0.700 bits per heavy atom. The normalized spacial score (nSPS) is 11.6. The van der Waals surface area contributed by atoms with Crippen molar-refractivity contribution in [1.29, 1.82) is 0 Å². The zero-order valence-corrected chi connectivity index (χ0v) is 35.5. The molecule has 0 saturated carbocycles. The average Bonchev–Trinajstić information content (AvgIpc) is 3.16. The number of hydrogen-bond donors (Lipinski definition) is 5. The number of carbonyl (C=O) groups excluding carboxylic acids is 1. The molecule has 12 nitrogen and oxygen atoms in total. The monoisotopic (exact) mass is 845 g/mol. The van der Waals surface area contributed by atoms with Crippen molar-refractivity contribution in [3.8, 4) is 0 Å². The molecule has 14 heteroatoms. The lowest BCUT2D eigenvalue weighted by molar-refractivity contribution is 0.0695. The van der Waals surface area contributed by atoms with Crippen LogP contribution in [0.2, 0.25) is 10.0 Å². The van der Waals surface area contributed by atoms with Crippen molar-refractivity contribution in [1.82, 2.24) is 30.2 Å². The Labute approximate surface area is 357 Å². The van der Waals surface area contributed by atoms with E-state index in [1.807, 2.05) is 44.2 Å². The van der Waals surface area contributed by atoms with E-state index in [-0.39, 0.29) is 11.5 Å². The molecule has 308 valence electrons. The lowest BCUT2D eigenvalue weighted by Gasteiger charge is -2.21. The number of pyridine rings is 5. The number of hydrogen-bond acceptors (Lipinski definition) is 10. The number of benzene rings is 2. The third-order valence-corrected chi connectivity index (χ3v) is 10.3. The number of aromatic carboxylic acids is 1. The molecule has 0 aliphatic carbocycles. The number of rotatable bonds is 10. The standard InChI is InChI=1S/C27H28ClN5O2.C19H17ClN2O3/c1-15-7-24(29)33-16(2)22(15)14-32-26(34)18-5-6-30-21(12-18)9-17-8-19-11-20(28)13-31-25(19)23(10-17)27(3,4)35;1-19(2,25)16-7-11(5-13-8-14(20)10-22-17(13)16)6-15-9-12(18(23)24)3-4-21-15/h5-8,10-13,35H,9,14H2,1-4H3,(H2,29,33)(H,32,34);3-5,7-10,25H,6H2,1-2H3,(H,23,24). The summed E-state index contributed by atoms with van der Waals surface area (Å²) in [6.45, 7) is 11.0. The minimum atomic E-state index is -1.09. The lowest BCUT2D eigenvalue weighted by Crippen LogP contribution is -2.24. The average molecular weight is 847 g/mol. The molecule has 7 aromatic rings. The Kier molecular flexibility index (Phi) is 12.8. The van der Waals surface area contributed by atoms with Gasteiger partial charge in [0.25, 0.3) is 5.91 Å². The molecule has 6 N–H and O–H groups in total. The van der Waals surface area contributed by atoms with Crippen LogP contribution in [0, 0.1) is 13.8 Å². The highest BCUT2D eigenvalue weighted by atomic mass is 35.5. The number of carboxylic acid groups (broad SMARTS) is 1. The predicted octanol–water partition coefficient (Wildman–Crippen LogP) is 8.43. The fraction of sp³-hybridized carbons (Fsp3) is 0.239. The minimum absolute atomic E-state index is 0.193. The van der Waals surface area contributed by atoms with Crippen molar-refractivity contribution < 1.29 is 24.9 Å². The highest BCUT2D eigenvalue weighted by Crippen LogP contribution is 2.32. The maximum atomic E-state index is 12.9. The Bertz CT molecular complexity index is 2740. The fourth-order valence-electron chi connectivity index (χ4n) is 6.98. The summed E-state index contributed by atoms with van der Waals surface area (Å²) in [5.41, 5.74) is 13.1. The first kappa shape index (κ1) is 43.5. The molecule has 0 atom stereocenters. The predicted molar refractivity (Wildman–Crippen MR) is 234 cm³/mol. The summed E-state index contributed by atoms with van der Waals surface area (Å²) in [5, 5.41) is 36.0. The Morgan fingerprint density at radius 2 is 1.18 bits per heavy atom. The molecule has 0 bridgehead atoms. The van der Waals surface area contributed by atoms with Crippen LogP contribution in [0.5, 0.6) is 0 Å². The minimum Gasteiger partial charge on any atom is -0.478 e. The summed E-state index contributed by atoms with van der Waals surface area (Å²) < 4.78 is 0. The number of carboxylic acids is 1. The summed E-state index contributed by atoms with van der Waals surface area (Å²) >= 11 is 12.2. The third-order valence-electron chi connectivity index (χ3n) is 9.85. The largest absolute Gasteiger partial charge is 0.478 e. The topological polar surface area (TPSA) is 197 Å². The van der Waals surface area contributed by atoms with Crippen LogP contribution in [0.1, 0.15) is 98.9 Å². The maximum Gasteiger partial charge on any atom is 0.335 e. The fourth-order valence-corrected chi connectivity index (χ4v) is 7.31. The van der Waals surface area contributed by atoms with Gasteiger partial charge in [0.15, 0.2) is 0 Å². The molecule has 0 saturated heterocycles. The number of fused-ring (bicyclic) bond motifs is 2. The van der Waals surface area contributed by atoms with Gasteiger partial charge in [0, 0.05) is 88.7 Å². The van der Waals surface area contributed by atoms with Crippen LogP contribution < -0.4 is 11.1 Å². The zero-order valence-electron chi connectivity index (χ0n) is 34.0. The molecule has 5 aromatic heterocycles. The second-order valence-corrected chi connectivity index (χ2v) is 16.6. The van der Waals surface area contributed by atoms with Crippen molar-refractivity contribution in [2.45, 2.75) is 72.1 Å². The molecule has 0 fully saturated rings. The maximum absolute atomic E-state index is 12.9. The first-order chi connectivity index (χ1) is 28.2. The molecule has 0 aliphatic heterocycles. The van der Waals surface area contributed by atoms with Crippen molar-refractivity contribution in [2.75, 3.05) is 5.73 Å². The number of nitrogens with zero attached hydrogens (tertiary/aromatic N) is 5. The number of anilines is 1. The van der Waals surface area contributed by atoms with Gasteiger partial charge >= 0.3 is 5.97 Å². The van der Waals surface area contributed by atoms with Crippen LogP contribution in [0.25, 0.3) is 21.8 Å². The summed E-state index contributed by atoms with van der Waals surface area (Å²) in [4.78, 5) is 45.7. The van der Waals surface area contributed by atoms with Crippen LogP contribution in [-0.2, 0) is 30.6 Å². The molecule has 7 rings (SSSR count). The molecule has 0 radical (unpaired) electrons. The molecule has 0 aliphatic rings. The van der Waals surface area contributed by atoms with Crippen LogP contribution in [0.3, 0.4) is 0 Å². The van der Waals surface area contributed by atoms with Crippen molar-refractivity contribution in [3.63, 3.8) is 0 Å². The molecular weight excluding hydrogens is 801 g/mol. The van der Waals surface area contributed by atoms with Crippen molar-refractivity contribution >= 4 is 62.7 Å². The Hall–Kier alpha value is -6.05. The van der Waals surface area contributed by atoms with Gasteiger partial charge < -0.3 is 26.4 Å². The van der Waals surface area contributed by atoms with Gasteiger partial charge in [-0.3, -0.25) is 24.7 Å². The number of nitrogens with two attached hydrogens (primary N) is 1. The van der Waals surface area contributed by atoms with Crippen molar-refractivity contribution in [3.05, 3.63) is 163 Å². The van der Waals surface area contributed by atoms with Crippen LogP contribution in [0.15, 0.2) is 91.5 Å². The van der Waals surface area contributed by atoms with Gasteiger partial charge in [-0.2, -0.15) is 0 Å². The molecule has 2 aromatic carbocycles. The second kappa shape index (κ2) is 17.7. The van der Waals surface area contributed by atoms with Crippen LogP contribution in [0.4, 0.5) is 5.82 Å². The summed E-state index contributed by atoms with van der Waals surface area (Å²) in [7, 11) is 0. The number of aryl methyl sites for hydroxylation is 2. The van der Waals surface area contributed by atoms with Crippen LogP contribution in [-0.4, -0.2) is 52.1 Å². The van der Waals surface area contributed by atoms with E-state index < -0.39 is 17.2 Å². The zero-order chi connectivity index (χ0) is 43.5. The molecule has 0 unspecified atom stereocenters. The Morgan fingerprint density at radius 3 is 1.65 bits per heavy atom. The van der Waals surface area contributed by atoms with E-state index >= 15 is 0 Å². The van der Waals surface area contributed by atoms with Gasteiger partial charge in [-0.15, -0.1) is 0 Å². The van der Waals surface area contributed by atoms with Gasteiger partial charge in [-0.25, -0.2) is 9.78 Å². The molecule has 5 heterocycles. The highest BCUT2D eigenvalue weighted by molar-refractivity contribution is 6.31. The molecular formula is C46H45Cl2N7O5. The van der Waals surface area contributed by atoms with Gasteiger partial charge in [-0.05, 0) is 118 Å². The third kappa shape index (κ3) is 10.6. The van der Waals surface area contributed by atoms with E-state index in [4.69, 9.17) is 34.0 Å². The van der Waals surface area contributed by atoms with E-state index in [0.717, 1.165) is 44.4 Å². The number of aromatic nitrogens is 5. The van der Waals surface area contributed by atoms with Gasteiger partial charge in [-0.1, -0.05) is 35.3 Å². The van der Waals surface area contributed by atoms with Crippen molar-refractivity contribution in [2.24, 2.45) is 0 Å². The number of carbonyl (C=O) groups is 2. The van der Waals surface area contributed by atoms with E-state index in [2.05, 4.69) is 30.2 Å². The Balaban J connectivity index is 0.000000213. The van der Waals surface area contributed by atoms with Gasteiger partial charge in [0.2, 0.25) is 0 Å². The summed E-state index contributed by atoms with van der Waals surface area (Å²) in [6.07, 6.45) is 7.15. The number of nitrogen functional groups attached to an aromatic ring is 1. The van der Waals surface area contributed by atoms with E-state index in [9.17, 15) is 19.8 Å². The molecule has 0 spiro atoms. The second-order valence-electron chi connectivity index (χ2n) is 15.7. The lowest BCUT2D eigenvalue weighted by atomic mass is 9.92. The van der Waals surface area contributed by atoms with Gasteiger partial charge in [0.1, 0.15) is 5.82 Å². The number of aliphatic hydroxyl groups is 2. The van der Waals surface area contributed by atoms with Crippen LogP contribution >= 0.6 is 23.2 Å². The van der Waals surface area contributed by atoms with E-state index in [0.29, 0.717) is 68.7 Å². The van der Waals surface area contributed by atoms with E-state index in [1.54, 1.807) is 76.6 Å². The SMILES string of the molecule is CC(C)(O)c1cc(Cc2cc(C(=O)O)ccn2)cc2cc(Cl)cnc12.Cc1cc(N)nc(C)c1CNC(=O)c1ccnc(Cc2cc(C(C)(C)O)c3ncc(Cl)cc3c2)c1. The van der Waals surface area contributed by atoms with Gasteiger partial charge in [0.05, 0.1) is 37.8 Å². The van der Waals surface area contributed by atoms with E-state index in [1.165, 1.54) is 12.3 Å². The molecule has 1 amide bonds. The number of amides is 1.